The summed E-state index contributed by atoms with van der Waals surface area (Å²) in [5.74, 6) is 0.884. The van der Waals surface area contributed by atoms with Crippen molar-refractivity contribution in [2.24, 2.45) is 0 Å². The van der Waals surface area contributed by atoms with Crippen molar-refractivity contribution in [3.63, 3.8) is 0 Å². The van der Waals surface area contributed by atoms with Crippen molar-refractivity contribution in [2.45, 2.75) is 13.3 Å². The Kier molecular flexibility index (Phi) is 3.39. The summed E-state index contributed by atoms with van der Waals surface area (Å²) in [6, 6.07) is 11.3. The lowest BCUT2D eigenvalue weighted by molar-refractivity contribution is 0.423. The van der Waals surface area contributed by atoms with Gasteiger partial charge in [-0.25, -0.2) is 4.39 Å². The van der Waals surface area contributed by atoms with Crippen molar-refractivity contribution in [2.75, 3.05) is 0 Å². The van der Waals surface area contributed by atoms with Crippen LogP contribution in [0.1, 0.15) is 17.0 Å². The molecular weight excluding hydrogens is 271 g/mol. The van der Waals surface area contributed by atoms with Crippen LogP contribution in [-0.4, -0.2) is 15.2 Å². The Hall–Kier alpha value is -2.69. The van der Waals surface area contributed by atoms with E-state index in [0.717, 1.165) is 16.7 Å². The summed E-state index contributed by atoms with van der Waals surface area (Å²) in [6.07, 6.45) is 0.473. The van der Waals surface area contributed by atoms with E-state index < -0.39 is 0 Å². The summed E-state index contributed by atoms with van der Waals surface area (Å²) in [7, 11) is 0. The van der Waals surface area contributed by atoms with Gasteiger partial charge in [-0.2, -0.15) is 4.98 Å². The van der Waals surface area contributed by atoms with E-state index in [1.807, 2.05) is 0 Å². The zero-order chi connectivity index (χ0) is 14.8. The molecule has 0 unspecified atom stereocenters. The quantitative estimate of drug-likeness (QED) is 0.800. The topological polar surface area (TPSA) is 59.2 Å². The third-order valence-corrected chi connectivity index (χ3v) is 3.19. The lowest BCUT2D eigenvalue weighted by Gasteiger charge is -1.99. The van der Waals surface area contributed by atoms with Crippen molar-refractivity contribution in [3.8, 4) is 17.2 Å². The van der Waals surface area contributed by atoms with Gasteiger partial charge in [-0.05, 0) is 48.4 Å². The molecular formula is C16H13FN2O2. The number of aryl methyl sites for hydroxylation is 1. The van der Waals surface area contributed by atoms with E-state index in [1.54, 1.807) is 37.3 Å². The number of rotatable bonds is 3. The predicted octanol–water partition coefficient (Wildman–Crippen LogP) is 3.48. The maximum Gasteiger partial charge on any atom is 0.257 e. The van der Waals surface area contributed by atoms with Crippen molar-refractivity contribution in [1.82, 2.24) is 10.1 Å². The maximum absolute atomic E-state index is 12.9. The molecule has 0 bridgehead atoms. The Morgan fingerprint density at radius 1 is 1.14 bits per heavy atom. The number of nitrogens with zero attached hydrogens (tertiary/aromatic N) is 2. The van der Waals surface area contributed by atoms with Crippen molar-refractivity contribution in [1.29, 1.82) is 0 Å². The SMILES string of the molecule is Cc1cc(-c2nc(Cc3ccc(F)cc3)no2)ccc1O. The van der Waals surface area contributed by atoms with Gasteiger partial charge in [0.25, 0.3) is 5.89 Å². The van der Waals surface area contributed by atoms with E-state index in [-0.39, 0.29) is 11.6 Å². The first-order chi connectivity index (χ1) is 10.1. The smallest absolute Gasteiger partial charge is 0.257 e. The summed E-state index contributed by atoms with van der Waals surface area (Å²) >= 11 is 0. The second-order valence-corrected chi connectivity index (χ2v) is 4.82. The maximum atomic E-state index is 12.9. The highest BCUT2D eigenvalue weighted by Crippen LogP contribution is 2.24. The molecule has 5 heteroatoms. The minimum absolute atomic E-state index is 0.227. The molecule has 21 heavy (non-hydrogen) atoms. The molecule has 0 radical (unpaired) electrons. The normalized spacial score (nSPS) is 10.8. The summed E-state index contributed by atoms with van der Waals surface area (Å²) < 4.78 is 18.1. The number of aromatic hydroxyl groups is 1. The first-order valence-corrected chi connectivity index (χ1v) is 6.49. The van der Waals surface area contributed by atoms with Gasteiger partial charge in [0.15, 0.2) is 5.82 Å². The number of aromatic nitrogens is 2. The Labute approximate surface area is 120 Å². The standard InChI is InChI=1S/C16H13FN2O2/c1-10-8-12(4-7-14(10)20)16-18-15(19-21-16)9-11-2-5-13(17)6-3-11/h2-8,20H,9H2,1H3. The molecule has 0 aliphatic carbocycles. The van der Waals surface area contributed by atoms with Gasteiger partial charge in [0.2, 0.25) is 0 Å². The van der Waals surface area contributed by atoms with Crippen LogP contribution in [0, 0.1) is 12.7 Å². The fourth-order valence-corrected chi connectivity index (χ4v) is 2.02. The van der Waals surface area contributed by atoms with Gasteiger partial charge in [-0.15, -0.1) is 0 Å². The number of halogens is 1. The van der Waals surface area contributed by atoms with Crippen molar-refractivity contribution < 1.29 is 14.0 Å². The molecule has 2 aromatic carbocycles. The molecule has 0 aliphatic rings. The Morgan fingerprint density at radius 2 is 1.90 bits per heavy atom. The van der Waals surface area contributed by atoms with Crippen LogP contribution in [-0.2, 0) is 6.42 Å². The van der Waals surface area contributed by atoms with Gasteiger partial charge in [0.1, 0.15) is 11.6 Å². The molecule has 3 aromatic rings. The van der Waals surface area contributed by atoms with E-state index in [1.165, 1.54) is 12.1 Å². The molecule has 0 saturated carbocycles. The van der Waals surface area contributed by atoms with Gasteiger partial charge in [0, 0.05) is 12.0 Å². The molecule has 0 atom stereocenters. The number of phenols is 1. The van der Waals surface area contributed by atoms with Crippen LogP contribution in [0.4, 0.5) is 4.39 Å². The second-order valence-electron chi connectivity index (χ2n) is 4.82. The van der Waals surface area contributed by atoms with Crippen LogP contribution in [0.15, 0.2) is 47.0 Å². The zero-order valence-electron chi connectivity index (χ0n) is 11.4. The lowest BCUT2D eigenvalue weighted by atomic mass is 10.1. The molecule has 0 aliphatic heterocycles. The van der Waals surface area contributed by atoms with Crippen LogP contribution in [0.25, 0.3) is 11.5 Å². The van der Waals surface area contributed by atoms with E-state index in [4.69, 9.17) is 4.52 Å². The van der Waals surface area contributed by atoms with Crippen molar-refractivity contribution >= 4 is 0 Å². The third kappa shape index (κ3) is 2.91. The first kappa shape index (κ1) is 13.3. The minimum atomic E-state index is -0.271. The van der Waals surface area contributed by atoms with E-state index >= 15 is 0 Å². The highest BCUT2D eigenvalue weighted by molar-refractivity contribution is 5.56. The van der Waals surface area contributed by atoms with E-state index in [9.17, 15) is 9.50 Å². The molecule has 3 rings (SSSR count). The van der Waals surface area contributed by atoms with E-state index in [0.29, 0.717) is 18.1 Å². The van der Waals surface area contributed by atoms with Crippen LogP contribution in [0.5, 0.6) is 5.75 Å². The largest absolute Gasteiger partial charge is 0.508 e. The predicted molar refractivity (Wildman–Crippen MR) is 75.3 cm³/mol. The van der Waals surface area contributed by atoms with Gasteiger partial charge >= 0.3 is 0 Å². The molecule has 0 fully saturated rings. The molecule has 1 N–H and O–H groups in total. The van der Waals surface area contributed by atoms with Crippen LogP contribution in [0.3, 0.4) is 0 Å². The summed E-state index contributed by atoms with van der Waals surface area (Å²) in [5, 5.41) is 13.4. The van der Waals surface area contributed by atoms with Gasteiger partial charge in [0.05, 0.1) is 0 Å². The van der Waals surface area contributed by atoms with Gasteiger partial charge < -0.3 is 9.63 Å². The summed E-state index contributed by atoms with van der Waals surface area (Å²) in [5.41, 5.74) is 2.40. The molecule has 0 spiro atoms. The van der Waals surface area contributed by atoms with Crippen LogP contribution < -0.4 is 0 Å². The minimum Gasteiger partial charge on any atom is -0.508 e. The average Bonchev–Trinajstić information content (AvgIpc) is 2.93. The summed E-state index contributed by atoms with van der Waals surface area (Å²) in [6.45, 7) is 1.80. The van der Waals surface area contributed by atoms with Gasteiger partial charge in [-0.1, -0.05) is 17.3 Å². The fourth-order valence-electron chi connectivity index (χ4n) is 2.02. The molecule has 0 saturated heterocycles. The van der Waals surface area contributed by atoms with Crippen LogP contribution in [0.2, 0.25) is 0 Å². The highest BCUT2D eigenvalue weighted by atomic mass is 19.1. The van der Waals surface area contributed by atoms with E-state index in [2.05, 4.69) is 10.1 Å². The highest BCUT2D eigenvalue weighted by Gasteiger charge is 2.10. The second kappa shape index (κ2) is 5.36. The van der Waals surface area contributed by atoms with Gasteiger partial charge in [-0.3, -0.25) is 0 Å². The third-order valence-electron chi connectivity index (χ3n) is 3.19. The Balaban J connectivity index is 1.82. The molecule has 0 amide bonds. The Bertz CT molecular complexity index is 766. The molecule has 1 aromatic heterocycles. The number of hydrogen-bond donors (Lipinski definition) is 1. The lowest BCUT2D eigenvalue weighted by Crippen LogP contribution is -1.91. The van der Waals surface area contributed by atoms with Crippen LogP contribution >= 0.6 is 0 Å². The zero-order valence-corrected chi connectivity index (χ0v) is 11.4. The monoisotopic (exact) mass is 284 g/mol. The van der Waals surface area contributed by atoms with Crippen molar-refractivity contribution in [3.05, 3.63) is 65.2 Å². The average molecular weight is 284 g/mol. The fraction of sp³-hybridized carbons (Fsp3) is 0.125. The number of hydrogen-bond acceptors (Lipinski definition) is 4. The molecule has 4 nitrogen and oxygen atoms in total. The molecule has 1 heterocycles. The number of phenolic OH excluding ortho intramolecular Hbond substituents is 1. The Morgan fingerprint density at radius 3 is 2.62 bits per heavy atom. The molecule has 106 valence electrons. The first-order valence-electron chi connectivity index (χ1n) is 6.49. The summed E-state index contributed by atoms with van der Waals surface area (Å²) in [4.78, 5) is 4.32. The number of benzene rings is 2.